The van der Waals surface area contributed by atoms with Gasteiger partial charge in [-0.25, -0.2) is 0 Å². The standard InChI is InChI=1S/C27H38N3O5S.C13H15ClO4.HI/c1-5-7-8-11-17-33-27-26(28-36-29-27)22-14-12-16-30(4,19-22)24(6-2)35-25(32)18-21-13-9-10-15-23(21)34-20(3)31;1-3-12(14)18-13(16)8-10-6-4-5-7-11(10)17-9(2)15;/h9-10,13-15,24H,5-8,11-12,16-19H2,1-4H3;4-7,12H,3,8H2,1-2H3;1H/q+1;;/p-1. The lowest BCUT2D eigenvalue weighted by atomic mass is 10.0. The number of ether oxygens (including phenoxy) is 5. The largest absolute Gasteiger partial charge is 1.00 e. The topological polar surface area (TPSA) is 140 Å². The Balaban J connectivity index is 0.000000464. The second kappa shape index (κ2) is 24.8. The highest BCUT2D eigenvalue weighted by atomic mass is 127. The van der Waals surface area contributed by atoms with Gasteiger partial charge in [0, 0.05) is 43.4 Å². The summed E-state index contributed by atoms with van der Waals surface area (Å²) in [6, 6.07) is 13.9. The molecule has 0 aliphatic carbocycles. The molecule has 0 radical (unpaired) electrons. The zero-order valence-electron chi connectivity index (χ0n) is 32.5. The van der Waals surface area contributed by atoms with Crippen molar-refractivity contribution in [1.29, 1.82) is 0 Å². The monoisotopic (exact) mass is 913 g/mol. The lowest BCUT2D eigenvalue weighted by Crippen LogP contribution is -3.00. The maximum atomic E-state index is 12.9. The van der Waals surface area contributed by atoms with Crippen molar-refractivity contribution in [2.24, 2.45) is 0 Å². The predicted molar refractivity (Wildman–Crippen MR) is 207 cm³/mol. The van der Waals surface area contributed by atoms with Crippen molar-refractivity contribution >= 4 is 52.8 Å². The number of carbonyl (C=O) groups excluding carboxylic acids is 4. The number of para-hydroxylation sites is 2. The van der Waals surface area contributed by atoms with Gasteiger partial charge in [-0.05, 0) is 25.0 Å². The number of alkyl halides is 1. The number of hydrogen-bond acceptors (Lipinski definition) is 12. The fourth-order valence-electron chi connectivity index (χ4n) is 5.88. The smallest absolute Gasteiger partial charge is 0.314 e. The van der Waals surface area contributed by atoms with E-state index in [0.717, 1.165) is 37.1 Å². The van der Waals surface area contributed by atoms with Crippen LogP contribution in [0.5, 0.6) is 17.4 Å². The molecule has 0 fully saturated rings. The Morgan fingerprint density at radius 2 is 1.40 bits per heavy atom. The number of aromatic nitrogens is 2. The summed E-state index contributed by atoms with van der Waals surface area (Å²) in [5, 5.41) is 0. The van der Waals surface area contributed by atoms with Crippen LogP contribution in [0.15, 0.2) is 54.6 Å². The molecule has 302 valence electrons. The van der Waals surface area contributed by atoms with E-state index in [-0.39, 0.29) is 49.0 Å². The highest BCUT2D eigenvalue weighted by Crippen LogP contribution is 2.33. The quantitative estimate of drug-likeness (QED) is 0.0432. The van der Waals surface area contributed by atoms with Crippen LogP contribution < -0.4 is 38.2 Å². The van der Waals surface area contributed by atoms with Crippen molar-refractivity contribution in [3.63, 3.8) is 0 Å². The molecule has 0 bridgehead atoms. The van der Waals surface area contributed by atoms with E-state index in [1.165, 1.54) is 38.4 Å². The van der Waals surface area contributed by atoms with Gasteiger partial charge in [0.1, 0.15) is 23.7 Å². The van der Waals surface area contributed by atoms with Gasteiger partial charge in [-0.1, -0.05) is 94.1 Å². The van der Waals surface area contributed by atoms with E-state index in [4.69, 9.17) is 35.3 Å². The minimum Gasteiger partial charge on any atom is -1.00 e. The Bertz CT molecular complexity index is 1720. The molecule has 0 spiro atoms. The summed E-state index contributed by atoms with van der Waals surface area (Å²) in [5.74, 6) is -0.294. The van der Waals surface area contributed by atoms with Crippen molar-refractivity contribution in [3.05, 3.63) is 71.4 Å². The Morgan fingerprint density at radius 3 is 1.95 bits per heavy atom. The minimum atomic E-state index is -0.626. The lowest BCUT2D eigenvalue weighted by molar-refractivity contribution is -0.947. The van der Waals surface area contributed by atoms with Crippen molar-refractivity contribution in [2.75, 3.05) is 26.7 Å². The highest BCUT2D eigenvalue weighted by molar-refractivity contribution is 6.99. The third-order valence-corrected chi connectivity index (χ3v) is 9.49. The van der Waals surface area contributed by atoms with Gasteiger partial charge in [0.25, 0.3) is 5.88 Å². The molecule has 1 aliphatic rings. The molecule has 4 rings (SSSR count). The molecule has 0 N–H and O–H groups in total. The molecule has 3 aromatic rings. The van der Waals surface area contributed by atoms with Crippen LogP contribution in [0, 0.1) is 0 Å². The maximum Gasteiger partial charge on any atom is 0.314 e. The van der Waals surface area contributed by atoms with Gasteiger partial charge in [-0.2, -0.15) is 4.37 Å². The zero-order valence-corrected chi connectivity index (χ0v) is 36.2. The van der Waals surface area contributed by atoms with Gasteiger partial charge in [0.05, 0.1) is 44.8 Å². The van der Waals surface area contributed by atoms with E-state index in [1.807, 2.05) is 19.9 Å². The molecule has 3 unspecified atom stereocenters. The van der Waals surface area contributed by atoms with E-state index >= 15 is 0 Å². The summed E-state index contributed by atoms with van der Waals surface area (Å²) < 4.78 is 36.6. The average Bonchev–Trinajstić information content (AvgIpc) is 3.60. The minimum absolute atomic E-state index is 0. The number of nitrogens with zero attached hydrogens (tertiary/aromatic N) is 3. The van der Waals surface area contributed by atoms with Gasteiger partial charge in [0.2, 0.25) is 6.23 Å². The number of halogens is 2. The Labute approximate surface area is 350 Å². The first-order valence-corrected chi connectivity index (χ1v) is 19.6. The molecule has 0 amide bonds. The van der Waals surface area contributed by atoms with E-state index < -0.39 is 23.5 Å². The molecule has 15 heteroatoms. The van der Waals surface area contributed by atoms with Gasteiger partial charge in [-0.3, -0.25) is 23.7 Å². The Hall–Kier alpha value is -3.60. The van der Waals surface area contributed by atoms with Crippen molar-refractivity contribution in [1.82, 2.24) is 8.75 Å². The highest BCUT2D eigenvalue weighted by Gasteiger charge is 2.38. The van der Waals surface area contributed by atoms with Crippen LogP contribution in [0.25, 0.3) is 5.57 Å². The second-order valence-electron chi connectivity index (χ2n) is 13.1. The third kappa shape index (κ3) is 16.2. The average molecular weight is 914 g/mol. The molecule has 3 atom stereocenters. The molecule has 2 aromatic carbocycles. The summed E-state index contributed by atoms with van der Waals surface area (Å²) in [6.07, 6.45) is 8.56. The first-order chi connectivity index (χ1) is 25.9. The third-order valence-electron chi connectivity index (χ3n) is 8.58. The first kappa shape index (κ1) is 47.6. The molecule has 1 aromatic heterocycles. The maximum absolute atomic E-state index is 12.9. The molecular formula is C40H53ClIN3O9S. The molecule has 1 aliphatic heterocycles. The molecule has 55 heavy (non-hydrogen) atoms. The van der Waals surface area contributed by atoms with Crippen LogP contribution in [0.3, 0.4) is 0 Å². The summed E-state index contributed by atoms with van der Waals surface area (Å²) in [4.78, 5) is 46.8. The number of benzene rings is 2. The van der Waals surface area contributed by atoms with Crippen LogP contribution in [-0.2, 0) is 41.5 Å². The zero-order chi connectivity index (χ0) is 39.5. The van der Waals surface area contributed by atoms with Crippen LogP contribution in [0.4, 0.5) is 0 Å². The van der Waals surface area contributed by atoms with Crippen molar-refractivity contribution in [3.8, 4) is 17.4 Å². The summed E-state index contributed by atoms with van der Waals surface area (Å²) in [5.41, 5.74) is 2.48. The van der Waals surface area contributed by atoms with E-state index in [0.29, 0.717) is 59.0 Å². The van der Waals surface area contributed by atoms with Crippen LogP contribution in [0.1, 0.15) is 96.4 Å². The van der Waals surface area contributed by atoms with Crippen LogP contribution in [-0.4, -0.2) is 75.6 Å². The van der Waals surface area contributed by atoms with Crippen molar-refractivity contribution in [2.45, 2.75) is 104 Å². The van der Waals surface area contributed by atoms with E-state index in [2.05, 4.69) is 28.8 Å². The number of rotatable bonds is 18. The second-order valence-corrected chi connectivity index (χ2v) is 14.1. The van der Waals surface area contributed by atoms with Gasteiger partial charge in [0.15, 0.2) is 5.56 Å². The number of carbonyl (C=O) groups is 4. The van der Waals surface area contributed by atoms with Gasteiger partial charge < -0.3 is 47.7 Å². The van der Waals surface area contributed by atoms with E-state index in [9.17, 15) is 19.2 Å². The summed E-state index contributed by atoms with van der Waals surface area (Å²) in [7, 11) is 2.12. The molecule has 0 saturated carbocycles. The normalized spacial score (nSPS) is 15.8. The predicted octanol–water partition coefficient (Wildman–Crippen LogP) is 4.85. The summed E-state index contributed by atoms with van der Waals surface area (Å²) in [6.45, 7) is 10.9. The number of unbranched alkanes of at least 4 members (excludes halogenated alkanes) is 3. The lowest BCUT2D eigenvalue weighted by Gasteiger charge is -2.42. The SMILES string of the molecule is CCC(Cl)OC(=O)Cc1ccccc1OC(C)=O.CCCCCCOc1nsnc1C1=CCC[N+](C)(C(CC)OC(=O)Cc2ccccc2OC(C)=O)C1.[I-]. The molecule has 2 heterocycles. The molecular weight excluding hydrogens is 861 g/mol. The van der Waals surface area contributed by atoms with Gasteiger partial charge >= 0.3 is 23.9 Å². The molecule has 12 nitrogen and oxygen atoms in total. The number of esters is 4. The summed E-state index contributed by atoms with van der Waals surface area (Å²) >= 11 is 6.89. The first-order valence-electron chi connectivity index (χ1n) is 18.4. The van der Waals surface area contributed by atoms with Gasteiger partial charge in [-0.15, -0.1) is 4.37 Å². The Morgan fingerprint density at radius 1 is 0.818 bits per heavy atom. The molecule has 0 saturated heterocycles. The fraction of sp³-hybridized carbons (Fsp3) is 0.500. The van der Waals surface area contributed by atoms with Crippen molar-refractivity contribution < 1.29 is 71.3 Å². The number of likely N-dealkylation sites (N-methyl/N-ethyl adjacent to an activating group) is 1. The number of quaternary nitrogens is 1. The Kier molecular flexibility index (Phi) is 21.5. The van der Waals surface area contributed by atoms with Crippen LogP contribution >= 0.6 is 23.3 Å². The number of hydrogen-bond donors (Lipinski definition) is 0. The van der Waals surface area contributed by atoms with E-state index in [1.54, 1.807) is 42.5 Å². The van der Waals surface area contributed by atoms with Crippen LogP contribution in [0.2, 0.25) is 0 Å². The fourth-order valence-corrected chi connectivity index (χ4v) is 6.52.